The second kappa shape index (κ2) is 9.12. The van der Waals surface area contributed by atoms with E-state index in [-0.39, 0.29) is 18.9 Å². The van der Waals surface area contributed by atoms with Crippen molar-refractivity contribution in [1.82, 2.24) is 15.5 Å². The standard InChI is InChI=1S/C23H25FN4O4/c1-3-31-22(30)23(8-10-25-11-9-23)20-18(12-17(24)13-26-20)19(29)15-4-6-16(7-5-15)21-27-14(2)28-32-21/h4-7,12,18,25H,3,8-11,13H2,1-2H3. The Bertz CT molecular complexity index is 1070. The average Bonchev–Trinajstić information content (AvgIpc) is 3.25. The molecule has 2 aliphatic heterocycles. The number of ketones is 1. The van der Waals surface area contributed by atoms with Gasteiger partial charge in [-0.1, -0.05) is 17.3 Å². The fourth-order valence-electron chi connectivity index (χ4n) is 4.28. The second-order valence-corrected chi connectivity index (χ2v) is 7.93. The molecule has 1 N–H and O–H groups in total. The molecule has 0 amide bonds. The zero-order valence-electron chi connectivity index (χ0n) is 18.1. The van der Waals surface area contributed by atoms with Gasteiger partial charge >= 0.3 is 5.97 Å². The number of Topliss-reactive ketones (excluding diaryl/α,β-unsaturated/α-hetero) is 1. The van der Waals surface area contributed by atoms with Gasteiger partial charge in [0.1, 0.15) is 11.2 Å². The van der Waals surface area contributed by atoms with E-state index in [0.717, 1.165) is 0 Å². The molecule has 2 aromatic rings. The number of nitrogens with one attached hydrogen (secondary N) is 1. The molecule has 2 aliphatic rings. The molecule has 1 fully saturated rings. The van der Waals surface area contributed by atoms with Gasteiger partial charge in [0.05, 0.1) is 19.1 Å². The molecule has 32 heavy (non-hydrogen) atoms. The van der Waals surface area contributed by atoms with E-state index in [1.807, 2.05) is 0 Å². The number of piperidine rings is 1. The molecule has 0 spiro atoms. The molecule has 0 radical (unpaired) electrons. The van der Waals surface area contributed by atoms with E-state index in [0.29, 0.717) is 54.5 Å². The Balaban J connectivity index is 1.66. The zero-order valence-corrected chi connectivity index (χ0v) is 18.1. The molecule has 1 saturated heterocycles. The lowest BCUT2D eigenvalue weighted by Crippen LogP contribution is -2.52. The van der Waals surface area contributed by atoms with E-state index in [9.17, 15) is 14.0 Å². The lowest BCUT2D eigenvalue weighted by Gasteiger charge is -2.39. The summed E-state index contributed by atoms with van der Waals surface area (Å²) < 4.78 is 24.8. The number of rotatable bonds is 6. The van der Waals surface area contributed by atoms with E-state index in [1.165, 1.54) is 6.08 Å². The average molecular weight is 440 g/mol. The van der Waals surface area contributed by atoms with Crippen LogP contribution in [-0.4, -0.2) is 53.8 Å². The molecule has 8 nitrogen and oxygen atoms in total. The summed E-state index contributed by atoms with van der Waals surface area (Å²) in [5.74, 6) is -1.33. The highest BCUT2D eigenvalue weighted by Crippen LogP contribution is 2.38. The van der Waals surface area contributed by atoms with Crippen molar-refractivity contribution in [2.45, 2.75) is 26.7 Å². The van der Waals surface area contributed by atoms with Crippen LogP contribution in [0.1, 0.15) is 35.9 Å². The van der Waals surface area contributed by atoms with Gasteiger partial charge in [0.15, 0.2) is 11.6 Å². The number of hydrogen-bond donors (Lipinski definition) is 1. The van der Waals surface area contributed by atoms with Crippen LogP contribution in [0.2, 0.25) is 0 Å². The predicted molar refractivity (Wildman–Crippen MR) is 115 cm³/mol. The van der Waals surface area contributed by atoms with Crippen LogP contribution in [0.5, 0.6) is 0 Å². The summed E-state index contributed by atoms with van der Waals surface area (Å²) in [6, 6.07) is 6.67. The maximum absolute atomic E-state index is 14.3. The van der Waals surface area contributed by atoms with Crippen LogP contribution in [0, 0.1) is 18.3 Å². The number of allylic oxidation sites excluding steroid dienone is 1. The Morgan fingerprint density at radius 2 is 1.97 bits per heavy atom. The van der Waals surface area contributed by atoms with Crippen LogP contribution in [0.3, 0.4) is 0 Å². The van der Waals surface area contributed by atoms with Crippen LogP contribution in [-0.2, 0) is 9.53 Å². The number of hydrogen-bond acceptors (Lipinski definition) is 8. The van der Waals surface area contributed by atoms with Crippen LogP contribution >= 0.6 is 0 Å². The predicted octanol–water partition coefficient (Wildman–Crippen LogP) is 3.08. The summed E-state index contributed by atoms with van der Waals surface area (Å²) in [6.45, 7) is 4.68. The van der Waals surface area contributed by atoms with Crippen LogP contribution in [0.15, 0.2) is 45.7 Å². The first-order chi connectivity index (χ1) is 15.4. The molecule has 1 aromatic heterocycles. The number of ether oxygens (including phenoxy) is 1. The van der Waals surface area contributed by atoms with Gasteiger partial charge in [-0.05, 0) is 58.0 Å². The number of dihydropyridines is 1. The number of aryl methyl sites for hydroxylation is 1. The largest absolute Gasteiger partial charge is 0.465 e. The minimum atomic E-state index is -1.04. The highest BCUT2D eigenvalue weighted by atomic mass is 19.1. The van der Waals surface area contributed by atoms with Gasteiger partial charge in [-0.2, -0.15) is 4.98 Å². The number of halogens is 1. The first-order valence-corrected chi connectivity index (χ1v) is 10.7. The monoisotopic (exact) mass is 440 g/mol. The molecule has 3 heterocycles. The SMILES string of the molecule is CCOC(=O)C1(C2=NCC(F)=CC2C(=O)c2ccc(-c3nc(C)no3)cc2)CCNCC1. The highest BCUT2D eigenvalue weighted by molar-refractivity contribution is 6.21. The Morgan fingerprint density at radius 1 is 1.25 bits per heavy atom. The number of carbonyl (C=O) groups is 2. The van der Waals surface area contributed by atoms with E-state index in [2.05, 4.69) is 20.4 Å². The van der Waals surface area contributed by atoms with E-state index >= 15 is 0 Å². The molecule has 9 heteroatoms. The van der Waals surface area contributed by atoms with Crippen molar-refractivity contribution in [2.75, 3.05) is 26.2 Å². The lowest BCUT2D eigenvalue weighted by atomic mass is 9.68. The topological polar surface area (TPSA) is 107 Å². The van der Waals surface area contributed by atoms with Crippen LogP contribution in [0.4, 0.5) is 4.39 Å². The van der Waals surface area contributed by atoms with Gasteiger partial charge in [-0.3, -0.25) is 14.6 Å². The van der Waals surface area contributed by atoms with Crippen molar-refractivity contribution < 1.29 is 23.2 Å². The Morgan fingerprint density at radius 3 is 2.59 bits per heavy atom. The summed E-state index contributed by atoms with van der Waals surface area (Å²) in [7, 11) is 0. The summed E-state index contributed by atoms with van der Waals surface area (Å²) >= 11 is 0. The van der Waals surface area contributed by atoms with Gasteiger partial charge in [-0.25, -0.2) is 4.39 Å². The van der Waals surface area contributed by atoms with E-state index in [1.54, 1.807) is 38.1 Å². The summed E-state index contributed by atoms with van der Waals surface area (Å²) in [5, 5.41) is 6.99. The van der Waals surface area contributed by atoms with E-state index in [4.69, 9.17) is 9.26 Å². The normalized spacial score (nSPS) is 20.3. The van der Waals surface area contributed by atoms with Gasteiger partial charge < -0.3 is 14.6 Å². The third kappa shape index (κ3) is 4.12. The van der Waals surface area contributed by atoms with Gasteiger partial charge in [0, 0.05) is 16.8 Å². The molecule has 0 aliphatic carbocycles. The number of aliphatic imine (C=N–C) groups is 1. The molecule has 0 bridgehead atoms. The Hall–Kier alpha value is -3.20. The Kier molecular flexibility index (Phi) is 6.27. The van der Waals surface area contributed by atoms with Crippen LogP contribution in [0.25, 0.3) is 11.5 Å². The van der Waals surface area contributed by atoms with Crippen molar-refractivity contribution in [1.29, 1.82) is 0 Å². The van der Waals surface area contributed by atoms with Crippen molar-refractivity contribution in [3.63, 3.8) is 0 Å². The fourth-order valence-corrected chi connectivity index (χ4v) is 4.28. The van der Waals surface area contributed by atoms with Crippen molar-refractivity contribution in [3.8, 4) is 11.5 Å². The summed E-state index contributed by atoms with van der Waals surface area (Å²) in [5.41, 5.74) is 0.393. The molecular formula is C23H25FN4O4. The third-order valence-corrected chi connectivity index (χ3v) is 5.88. The lowest BCUT2D eigenvalue weighted by molar-refractivity contribution is -0.152. The van der Waals surface area contributed by atoms with Crippen molar-refractivity contribution >= 4 is 17.5 Å². The smallest absolute Gasteiger partial charge is 0.317 e. The van der Waals surface area contributed by atoms with Gasteiger partial charge in [-0.15, -0.1) is 0 Å². The summed E-state index contributed by atoms with van der Waals surface area (Å²) in [6.07, 6.45) is 2.17. The Labute approximate surface area is 184 Å². The first-order valence-electron chi connectivity index (χ1n) is 10.7. The molecule has 1 atom stereocenters. The molecule has 168 valence electrons. The molecule has 1 unspecified atom stereocenters. The quantitative estimate of drug-likeness (QED) is 0.543. The molecule has 4 rings (SSSR count). The summed E-state index contributed by atoms with van der Waals surface area (Å²) in [4.78, 5) is 35.1. The number of benzene rings is 1. The van der Waals surface area contributed by atoms with Crippen molar-refractivity contribution in [2.24, 2.45) is 16.3 Å². The molecule has 1 aromatic carbocycles. The van der Waals surface area contributed by atoms with Crippen molar-refractivity contribution in [3.05, 3.63) is 47.6 Å². The number of nitrogens with zero attached hydrogens (tertiary/aromatic N) is 3. The van der Waals surface area contributed by atoms with Crippen LogP contribution < -0.4 is 5.32 Å². The maximum Gasteiger partial charge on any atom is 0.317 e. The van der Waals surface area contributed by atoms with E-state index < -0.39 is 23.1 Å². The number of aromatic nitrogens is 2. The second-order valence-electron chi connectivity index (χ2n) is 7.93. The van der Waals surface area contributed by atoms with Gasteiger partial charge in [0.2, 0.25) is 0 Å². The zero-order chi connectivity index (χ0) is 22.7. The van der Waals surface area contributed by atoms with Gasteiger partial charge in [0.25, 0.3) is 5.89 Å². The molecular weight excluding hydrogens is 415 g/mol. The molecule has 0 saturated carbocycles. The third-order valence-electron chi connectivity index (χ3n) is 5.88. The minimum absolute atomic E-state index is 0.177. The highest BCUT2D eigenvalue weighted by Gasteiger charge is 2.50. The first kappa shape index (κ1) is 22.0. The number of esters is 1. The number of carbonyl (C=O) groups excluding carboxylic acids is 2. The maximum atomic E-state index is 14.3. The minimum Gasteiger partial charge on any atom is -0.465 e. The fraction of sp³-hybridized carbons (Fsp3) is 0.435.